The van der Waals surface area contributed by atoms with Crippen molar-refractivity contribution in [2.45, 2.75) is 17.9 Å². The Morgan fingerprint density at radius 2 is 2.00 bits per heavy atom. The van der Waals surface area contributed by atoms with Crippen LogP contribution in [0.3, 0.4) is 0 Å². The number of hydrogen-bond acceptors (Lipinski definition) is 6. The van der Waals surface area contributed by atoms with Crippen molar-refractivity contribution in [2.75, 3.05) is 4.72 Å². The van der Waals surface area contributed by atoms with Crippen molar-refractivity contribution < 1.29 is 13.5 Å². The smallest absolute Gasteiger partial charge is 0.262 e. The lowest BCUT2D eigenvalue weighted by atomic mass is 10.1. The summed E-state index contributed by atoms with van der Waals surface area (Å²) >= 11 is 0.961. The molecule has 0 spiro atoms. The number of aliphatic hydroxyl groups excluding tert-OH is 1. The molecular weight excluding hydrogens is 274 g/mol. The highest BCUT2D eigenvalue weighted by Gasteiger charge is 2.15. The molecule has 2 aromatic rings. The zero-order valence-corrected chi connectivity index (χ0v) is 11.1. The van der Waals surface area contributed by atoms with Gasteiger partial charge in [-0.15, -0.1) is 5.10 Å². The average Bonchev–Trinajstić information content (AvgIpc) is 2.81. The summed E-state index contributed by atoms with van der Waals surface area (Å²) in [6.07, 6.45) is 0.715. The van der Waals surface area contributed by atoms with Crippen LogP contribution in [-0.4, -0.2) is 23.1 Å². The molecule has 6 nitrogen and oxygen atoms in total. The first-order valence-electron chi connectivity index (χ1n) is 5.07. The van der Waals surface area contributed by atoms with E-state index in [2.05, 4.69) is 14.3 Å². The summed E-state index contributed by atoms with van der Waals surface area (Å²) in [6, 6.07) is 6.03. The molecule has 1 atom stereocenters. The summed E-state index contributed by atoms with van der Waals surface area (Å²) < 4.78 is 29.9. The van der Waals surface area contributed by atoms with Gasteiger partial charge in [-0.3, -0.25) is 4.72 Å². The van der Waals surface area contributed by atoms with E-state index in [0.717, 1.165) is 11.5 Å². The van der Waals surface area contributed by atoms with E-state index in [1.54, 1.807) is 19.1 Å². The van der Waals surface area contributed by atoms with Crippen LogP contribution in [0.1, 0.15) is 18.6 Å². The highest BCUT2D eigenvalue weighted by atomic mass is 32.2. The SMILES string of the molecule is CC(O)c1ccc(S(=O)(=O)Nc2cnns2)cc1. The number of aliphatic hydroxyl groups is 1. The van der Waals surface area contributed by atoms with Crippen LogP contribution in [-0.2, 0) is 10.0 Å². The van der Waals surface area contributed by atoms with Gasteiger partial charge < -0.3 is 5.11 Å². The maximum Gasteiger partial charge on any atom is 0.262 e. The molecule has 18 heavy (non-hydrogen) atoms. The molecule has 8 heteroatoms. The van der Waals surface area contributed by atoms with Gasteiger partial charge in [0, 0.05) is 11.5 Å². The standard InChI is InChI=1S/C10H11N3O3S2/c1-7(14)8-2-4-9(5-3-8)18(15,16)12-10-6-11-13-17-10/h2-7,12,14H,1H3. The predicted molar refractivity (Wildman–Crippen MR) is 67.8 cm³/mol. The Labute approximate surface area is 109 Å². The third-order valence-corrected chi connectivity index (χ3v) is 4.36. The first-order chi connectivity index (χ1) is 8.49. The molecule has 0 aliphatic rings. The molecule has 0 bridgehead atoms. The lowest BCUT2D eigenvalue weighted by molar-refractivity contribution is 0.199. The molecule has 2 rings (SSSR count). The third kappa shape index (κ3) is 2.84. The number of anilines is 1. The van der Waals surface area contributed by atoms with Crippen molar-refractivity contribution in [3.8, 4) is 0 Å². The zero-order chi connectivity index (χ0) is 13.2. The number of nitrogens with one attached hydrogen (secondary N) is 1. The number of nitrogens with zero attached hydrogens (tertiary/aromatic N) is 2. The second-order valence-electron chi connectivity index (χ2n) is 3.63. The van der Waals surface area contributed by atoms with E-state index in [1.807, 2.05) is 0 Å². The number of hydrogen-bond donors (Lipinski definition) is 2. The molecule has 0 saturated carbocycles. The summed E-state index contributed by atoms with van der Waals surface area (Å²) in [6.45, 7) is 1.62. The summed E-state index contributed by atoms with van der Waals surface area (Å²) in [4.78, 5) is 0.125. The van der Waals surface area contributed by atoms with E-state index in [4.69, 9.17) is 0 Å². The quantitative estimate of drug-likeness (QED) is 0.885. The molecule has 1 aromatic carbocycles. The minimum Gasteiger partial charge on any atom is -0.389 e. The second kappa shape index (κ2) is 5.01. The highest BCUT2D eigenvalue weighted by molar-refractivity contribution is 7.93. The van der Waals surface area contributed by atoms with Gasteiger partial charge in [-0.2, -0.15) is 0 Å². The molecule has 0 amide bonds. The zero-order valence-electron chi connectivity index (χ0n) is 9.44. The Kier molecular flexibility index (Phi) is 3.60. The van der Waals surface area contributed by atoms with Gasteiger partial charge in [-0.25, -0.2) is 8.42 Å². The van der Waals surface area contributed by atoms with Crippen LogP contribution in [0.25, 0.3) is 0 Å². The minimum absolute atomic E-state index is 0.125. The van der Waals surface area contributed by atoms with E-state index >= 15 is 0 Å². The molecular formula is C10H11N3O3S2. The number of rotatable bonds is 4. The Balaban J connectivity index is 2.25. The number of sulfonamides is 1. The van der Waals surface area contributed by atoms with Crippen LogP contribution in [0, 0.1) is 0 Å². The first-order valence-corrected chi connectivity index (χ1v) is 7.33. The van der Waals surface area contributed by atoms with Gasteiger partial charge >= 0.3 is 0 Å². The Hall–Kier alpha value is -1.51. The van der Waals surface area contributed by atoms with Crippen LogP contribution in [0.2, 0.25) is 0 Å². The molecule has 0 fully saturated rings. The number of aromatic nitrogens is 2. The highest BCUT2D eigenvalue weighted by Crippen LogP contribution is 2.19. The van der Waals surface area contributed by atoms with Crippen molar-refractivity contribution in [2.24, 2.45) is 0 Å². The molecule has 2 N–H and O–H groups in total. The van der Waals surface area contributed by atoms with E-state index in [9.17, 15) is 13.5 Å². The second-order valence-corrected chi connectivity index (χ2v) is 6.10. The molecule has 1 unspecified atom stereocenters. The topological polar surface area (TPSA) is 92.2 Å². The first kappa shape index (κ1) is 12.9. The van der Waals surface area contributed by atoms with E-state index < -0.39 is 16.1 Å². The molecule has 0 aliphatic carbocycles. The van der Waals surface area contributed by atoms with Gasteiger partial charge in [0.05, 0.1) is 17.2 Å². The summed E-state index contributed by atoms with van der Waals surface area (Å²) in [5.74, 6) is 0. The summed E-state index contributed by atoms with van der Waals surface area (Å²) in [7, 11) is -3.63. The predicted octanol–water partition coefficient (Wildman–Crippen LogP) is 1.39. The Bertz CT molecular complexity index is 606. The van der Waals surface area contributed by atoms with Crippen molar-refractivity contribution in [3.05, 3.63) is 36.0 Å². The van der Waals surface area contributed by atoms with Crippen molar-refractivity contribution in [1.82, 2.24) is 9.59 Å². The normalized spacial score (nSPS) is 13.2. The van der Waals surface area contributed by atoms with Crippen LogP contribution < -0.4 is 4.72 Å². The van der Waals surface area contributed by atoms with Gasteiger partial charge in [-0.1, -0.05) is 16.6 Å². The molecule has 0 radical (unpaired) electrons. The fourth-order valence-electron chi connectivity index (χ4n) is 1.33. The Morgan fingerprint density at radius 3 is 2.50 bits per heavy atom. The fourth-order valence-corrected chi connectivity index (χ4v) is 3.01. The molecule has 1 aromatic heterocycles. The minimum atomic E-state index is -3.63. The molecule has 0 aliphatic heterocycles. The van der Waals surface area contributed by atoms with E-state index in [0.29, 0.717) is 10.6 Å². The van der Waals surface area contributed by atoms with Gasteiger partial charge in [0.1, 0.15) is 5.00 Å². The summed E-state index contributed by atoms with van der Waals surface area (Å²) in [5, 5.41) is 13.2. The molecule has 0 saturated heterocycles. The average molecular weight is 285 g/mol. The van der Waals surface area contributed by atoms with Crippen molar-refractivity contribution >= 4 is 26.6 Å². The maximum atomic E-state index is 12.0. The molecule has 96 valence electrons. The summed E-state index contributed by atoms with van der Waals surface area (Å²) in [5.41, 5.74) is 0.661. The van der Waals surface area contributed by atoms with E-state index in [-0.39, 0.29) is 4.90 Å². The lowest BCUT2D eigenvalue weighted by Gasteiger charge is -2.07. The largest absolute Gasteiger partial charge is 0.389 e. The van der Waals surface area contributed by atoms with E-state index in [1.165, 1.54) is 18.3 Å². The fraction of sp³-hybridized carbons (Fsp3) is 0.200. The molecule has 1 heterocycles. The monoisotopic (exact) mass is 285 g/mol. The van der Waals surface area contributed by atoms with Crippen molar-refractivity contribution in [3.63, 3.8) is 0 Å². The van der Waals surface area contributed by atoms with Crippen LogP contribution >= 0.6 is 11.5 Å². The lowest BCUT2D eigenvalue weighted by Crippen LogP contribution is -2.12. The maximum absolute atomic E-state index is 12.0. The van der Waals surface area contributed by atoms with Gasteiger partial charge in [0.15, 0.2) is 0 Å². The van der Waals surface area contributed by atoms with Gasteiger partial charge in [0.25, 0.3) is 10.0 Å². The number of benzene rings is 1. The van der Waals surface area contributed by atoms with Crippen LogP contribution in [0.5, 0.6) is 0 Å². The van der Waals surface area contributed by atoms with Crippen LogP contribution in [0.15, 0.2) is 35.4 Å². The van der Waals surface area contributed by atoms with Gasteiger partial charge in [0.2, 0.25) is 0 Å². The Morgan fingerprint density at radius 1 is 1.33 bits per heavy atom. The third-order valence-electron chi connectivity index (χ3n) is 2.27. The van der Waals surface area contributed by atoms with Crippen LogP contribution in [0.4, 0.5) is 5.00 Å². The van der Waals surface area contributed by atoms with Crippen molar-refractivity contribution in [1.29, 1.82) is 0 Å². The van der Waals surface area contributed by atoms with Gasteiger partial charge in [-0.05, 0) is 24.6 Å².